The molecule has 0 aliphatic heterocycles. The molecule has 0 radical (unpaired) electrons. The number of carbonyl (C=O) groups excluding carboxylic acids is 2. The number of amides is 2. The Hall–Kier alpha value is -4.85. The third-order valence-electron chi connectivity index (χ3n) is 6.39. The van der Waals surface area contributed by atoms with Crippen molar-refractivity contribution in [3.8, 4) is 0 Å². The number of anilines is 1. The molecule has 1 heterocycles. The fourth-order valence-electron chi connectivity index (χ4n) is 4.48. The molecule has 38 heavy (non-hydrogen) atoms. The molecular weight excluding hydrogens is 481 g/mol. The van der Waals surface area contributed by atoms with Crippen molar-refractivity contribution < 1.29 is 14.0 Å². The van der Waals surface area contributed by atoms with E-state index in [0.29, 0.717) is 16.6 Å². The van der Waals surface area contributed by atoms with Gasteiger partial charge in [0.2, 0.25) is 11.8 Å². The van der Waals surface area contributed by atoms with Gasteiger partial charge in [0.15, 0.2) is 0 Å². The zero-order valence-electron chi connectivity index (χ0n) is 20.8. The molecule has 0 aliphatic carbocycles. The monoisotopic (exact) mass is 507 g/mol. The predicted octanol–water partition coefficient (Wildman–Crippen LogP) is 4.97. The smallest absolute Gasteiger partial charge is 0.249 e. The lowest BCUT2D eigenvalue weighted by Crippen LogP contribution is -2.45. The fourth-order valence-corrected chi connectivity index (χ4v) is 4.48. The topological polar surface area (TPSA) is 80.1 Å². The first-order valence-corrected chi connectivity index (χ1v) is 12.2. The summed E-state index contributed by atoms with van der Waals surface area (Å²) in [6.07, 6.45) is 0. The number of hydrogen-bond acceptors (Lipinski definition) is 4. The highest BCUT2D eigenvalue weighted by Gasteiger charge is 2.35. The first-order valence-electron chi connectivity index (χ1n) is 12.2. The quantitative estimate of drug-likeness (QED) is 0.322. The molecule has 0 bridgehead atoms. The predicted molar refractivity (Wildman–Crippen MR) is 144 cm³/mol. The maximum absolute atomic E-state index is 15.3. The van der Waals surface area contributed by atoms with Gasteiger partial charge in [-0.05, 0) is 47.9 Å². The highest BCUT2D eigenvalue weighted by molar-refractivity contribution is 6.01. The van der Waals surface area contributed by atoms with Crippen LogP contribution in [0.5, 0.6) is 0 Å². The molecule has 190 valence electrons. The van der Waals surface area contributed by atoms with Crippen LogP contribution < -0.4 is 10.2 Å². The van der Waals surface area contributed by atoms with Crippen LogP contribution in [-0.4, -0.2) is 26.8 Å². The molecule has 4 aromatic carbocycles. The number of fused-ring (bicyclic) bond motifs is 1. The van der Waals surface area contributed by atoms with E-state index in [1.165, 1.54) is 21.7 Å². The summed E-state index contributed by atoms with van der Waals surface area (Å²) in [5, 5.41) is 11.2. The van der Waals surface area contributed by atoms with E-state index in [9.17, 15) is 9.59 Å². The van der Waals surface area contributed by atoms with Crippen LogP contribution in [0.3, 0.4) is 0 Å². The number of hydrogen-bond donors (Lipinski definition) is 1. The van der Waals surface area contributed by atoms with Gasteiger partial charge in [-0.1, -0.05) is 84.1 Å². The fraction of sp³-hybridized carbons (Fsp3) is 0.133. The Kier molecular flexibility index (Phi) is 7.21. The highest BCUT2D eigenvalue weighted by atomic mass is 19.1. The molecule has 0 saturated carbocycles. The minimum absolute atomic E-state index is 0.00466. The van der Waals surface area contributed by atoms with Crippen LogP contribution in [0.15, 0.2) is 103 Å². The largest absolute Gasteiger partial charge is 0.350 e. The van der Waals surface area contributed by atoms with E-state index in [-0.39, 0.29) is 18.8 Å². The Bertz CT molecular complexity index is 1580. The van der Waals surface area contributed by atoms with Gasteiger partial charge in [-0.2, -0.15) is 0 Å². The number of benzene rings is 4. The van der Waals surface area contributed by atoms with Gasteiger partial charge >= 0.3 is 0 Å². The minimum Gasteiger partial charge on any atom is -0.350 e. The molecule has 7 nitrogen and oxygen atoms in total. The normalized spacial score (nSPS) is 11.7. The van der Waals surface area contributed by atoms with Crippen LogP contribution in [0.2, 0.25) is 0 Å². The number of rotatable bonds is 8. The van der Waals surface area contributed by atoms with Gasteiger partial charge < -0.3 is 5.32 Å². The van der Waals surface area contributed by atoms with Gasteiger partial charge in [0.05, 0.1) is 11.2 Å². The molecule has 8 heteroatoms. The Morgan fingerprint density at radius 2 is 1.58 bits per heavy atom. The molecule has 5 aromatic rings. The van der Waals surface area contributed by atoms with Gasteiger partial charge in [-0.15, -0.1) is 5.10 Å². The average Bonchev–Trinajstić information content (AvgIpc) is 3.34. The zero-order chi connectivity index (χ0) is 26.5. The van der Waals surface area contributed by atoms with Crippen molar-refractivity contribution in [3.05, 3.63) is 126 Å². The molecule has 5 rings (SSSR count). The van der Waals surface area contributed by atoms with Gasteiger partial charge in [-0.3, -0.25) is 14.5 Å². The Morgan fingerprint density at radius 1 is 0.895 bits per heavy atom. The van der Waals surface area contributed by atoms with Gasteiger partial charge in [0, 0.05) is 6.54 Å². The first-order chi connectivity index (χ1) is 18.5. The molecule has 0 saturated heterocycles. The van der Waals surface area contributed by atoms with Crippen LogP contribution >= 0.6 is 0 Å². The Balaban J connectivity index is 1.58. The van der Waals surface area contributed by atoms with Gasteiger partial charge in [0.1, 0.15) is 23.9 Å². The zero-order valence-corrected chi connectivity index (χ0v) is 20.8. The Labute approximate surface area is 219 Å². The standard InChI is InChI=1S/C30H26FN5O2/c1-21-11-5-6-14-23(21)29(30(38)32-19-22-12-3-2-4-13-22)36(26-17-9-7-15-24(26)31)28(37)20-35-27-18-10-8-16-25(27)33-34-35/h2-18,29H,19-20H2,1H3,(H,32,38). The first kappa shape index (κ1) is 24.8. The summed E-state index contributed by atoms with van der Waals surface area (Å²) in [7, 11) is 0. The number of aryl methyl sites for hydroxylation is 1. The van der Waals surface area contributed by atoms with Crippen molar-refractivity contribution in [2.45, 2.75) is 26.1 Å². The second-order valence-corrected chi connectivity index (χ2v) is 8.91. The molecule has 1 unspecified atom stereocenters. The minimum atomic E-state index is -1.13. The van der Waals surface area contributed by atoms with Gasteiger partial charge in [-0.25, -0.2) is 9.07 Å². The number of nitrogens with one attached hydrogen (secondary N) is 1. The summed E-state index contributed by atoms with van der Waals surface area (Å²) in [5.74, 6) is -1.55. The van der Waals surface area contributed by atoms with Crippen LogP contribution in [-0.2, 0) is 22.7 Å². The van der Waals surface area contributed by atoms with E-state index >= 15 is 4.39 Å². The maximum Gasteiger partial charge on any atom is 0.249 e. The molecular formula is C30H26FN5O2. The third kappa shape index (κ3) is 5.15. The van der Waals surface area contributed by atoms with Crippen molar-refractivity contribution in [1.29, 1.82) is 0 Å². The summed E-state index contributed by atoms with van der Waals surface area (Å²) in [5.41, 5.74) is 3.60. The number of nitrogens with zero attached hydrogens (tertiary/aromatic N) is 4. The SMILES string of the molecule is Cc1ccccc1C(C(=O)NCc1ccccc1)N(C(=O)Cn1nnc2ccccc21)c1ccccc1F. The van der Waals surface area contributed by atoms with Crippen molar-refractivity contribution in [2.24, 2.45) is 0 Å². The van der Waals surface area contributed by atoms with Crippen LogP contribution in [0.1, 0.15) is 22.7 Å². The van der Waals surface area contributed by atoms with Crippen molar-refractivity contribution in [1.82, 2.24) is 20.3 Å². The molecule has 0 spiro atoms. The lowest BCUT2D eigenvalue weighted by molar-refractivity contribution is -0.127. The maximum atomic E-state index is 15.3. The number of para-hydroxylation sites is 2. The summed E-state index contributed by atoms with van der Waals surface area (Å²) >= 11 is 0. The molecule has 0 fully saturated rings. The third-order valence-corrected chi connectivity index (χ3v) is 6.39. The van der Waals surface area contributed by atoms with E-state index in [4.69, 9.17) is 0 Å². The van der Waals surface area contributed by atoms with E-state index in [1.54, 1.807) is 36.4 Å². The lowest BCUT2D eigenvalue weighted by atomic mass is 9.98. The molecule has 0 aliphatic rings. The summed E-state index contributed by atoms with van der Waals surface area (Å²) in [6, 6.07) is 28.9. The van der Waals surface area contributed by atoms with E-state index < -0.39 is 23.7 Å². The molecule has 1 aromatic heterocycles. The molecule has 2 amide bonds. The van der Waals surface area contributed by atoms with Crippen LogP contribution in [0, 0.1) is 12.7 Å². The summed E-state index contributed by atoms with van der Waals surface area (Å²) in [4.78, 5) is 29.1. The average molecular weight is 508 g/mol. The van der Waals surface area contributed by atoms with Crippen LogP contribution in [0.4, 0.5) is 10.1 Å². The van der Waals surface area contributed by atoms with Crippen LogP contribution in [0.25, 0.3) is 11.0 Å². The summed E-state index contributed by atoms with van der Waals surface area (Å²) in [6.45, 7) is 1.89. The van der Waals surface area contributed by atoms with E-state index in [1.807, 2.05) is 61.5 Å². The van der Waals surface area contributed by atoms with Crippen molar-refractivity contribution >= 4 is 28.5 Å². The van der Waals surface area contributed by atoms with Crippen molar-refractivity contribution in [3.63, 3.8) is 0 Å². The van der Waals surface area contributed by atoms with Gasteiger partial charge in [0.25, 0.3) is 0 Å². The van der Waals surface area contributed by atoms with E-state index in [2.05, 4.69) is 15.6 Å². The van der Waals surface area contributed by atoms with Crippen molar-refractivity contribution in [2.75, 3.05) is 4.90 Å². The number of carbonyl (C=O) groups is 2. The second-order valence-electron chi connectivity index (χ2n) is 8.91. The summed E-state index contributed by atoms with van der Waals surface area (Å²) < 4.78 is 16.7. The van der Waals surface area contributed by atoms with E-state index in [0.717, 1.165) is 11.1 Å². The second kappa shape index (κ2) is 11.0. The highest BCUT2D eigenvalue weighted by Crippen LogP contribution is 2.32. The molecule has 1 atom stereocenters. The Morgan fingerprint density at radius 3 is 2.37 bits per heavy atom. The molecule has 1 N–H and O–H groups in total. The number of aromatic nitrogens is 3. The number of halogens is 1. The lowest BCUT2D eigenvalue weighted by Gasteiger charge is -2.32.